The van der Waals surface area contributed by atoms with Crippen molar-refractivity contribution in [2.24, 2.45) is 0 Å². The van der Waals surface area contributed by atoms with Gasteiger partial charge in [0.05, 0.1) is 16.1 Å². The van der Waals surface area contributed by atoms with Crippen LogP contribution in [0.25, 0.3) is 44.4 Å². The van der Waals surface area contributed by atoms with Crippen molar-refractivity contribution in [2.75, 3.05) is 0 Å². The lowest BCUT2D eigenvalue weighted by Gasteiger charge is -2.17. The summed E-state index contributed by atoms with van der Waals surface area (Å²) < 4.78 is 71.9. The molecule has 0 fully saturated rings. The number of aryl methyl sites for hydroxylation is 2. The van der Waals surface area contributed by atoms with Crippen LogP contribution in [0.1, 0.15) is 40.4 Å². The number of halogens is 4. The van der Waals surface area contributed by atoms with Gasteiger partial charge in [0.25, 0.3) is 16.4 Å². The third-order valence-electron chi connectivity index (χ3n) is 7.95. The number of ketones is 1. The average Bonchev–Trinajstić information content (AvgIpc) is 3.35. The molecule has 6 aromatic rings. The zero-order chi connectivity index (χ0) is 32.9. The molecule has 10 heteroatoms. The van der Waals surface area contributed by atoms with Gasteiger partial charge < -0.3 is 0 Å². The summed E-state index contributed by atoms with van der Waals surface area (Å²) in [6.07, 6.45) is 0.531. The van der Waals surface area contributed by atoms with Gasteiger partial charge in [-0.15, -0.1) is 0 Å². The van der Waals surface area contributed by atoms with Crippen LogP contribution in [0.15, 0.2) is 102 Å². The molecule has 0 amide bonds. The number of hydrogen-bond donors (Lipinski definition) is 0. The second-order valence-corrected chi connectivity index (χ2v) is 13.2. The van der Waals surface area contributed by atoms with Crippen molar-refractivity contribution in [1.29, 1.82) is 0 Å². The molecule has 0 radical (unpaired) electrons. The molecule has 46 heavy (non-hydrogen) atoms. The van der Waals surface area contributed by atoms with Crippen LogP contribution in [0.4, 0.5) is 13.2 Å². The Morgan fingerprint density at radius 3 is 2.15 bits per heavy atom. The maximum absolute atomic E-state index is 15.0. The van der Waals surface area contributed by atoms with E-state index in [0.29, 0.717) is 43.8 Å². The van der Waals surface area contributed by atoms with Crippen LogP contribution < -0.4 is 0 Å². The highest BCUT2D eigenvalue weighted by Crippen LogP contribution is 2.46. The van der Waals surface area contributed by atoms with Crippen LogP contribution in [-0.4, -0.2) is 23.2 Å². The standard InChI is InChI=1S/C36H26ClF3N2O3S/c1-20-18-41-19-21(2)33(20)34-30-17-27(38)10-14-32(30)42(46(44,45)28-11-7-23(8-12-28)36(39)40)35(34)26-6-4-5-25(15-26)29-13-9-24(22(3)43)16-31(29)37/h4-19,36H,1-3H3. The fourth-order valence-corrected chi connectivity index (χ4v) is 7.62. The molecule has 0 saturated carbocycles. The van der Waals surface area contributed by atoms with Crippen molar-refractivity contribution in [3.8, 4) is 33.5 Å². The average molecular weight is 659 g/mol. The van der Waals surface area contributed by atoms with Gasteiger partial charge in [-0.05, 0) is 85.5 Å². The van der Waals surface area contributed by atoms with E-state index in [1.807, 2.05) is 19.9 Å². The number of benzene rings is 4. The van der Waals surface area contributed by atoms with E-state index in [0.717, 1.165) is 39.4 Å². The summed E-state index contributed by atoms with van der Waals surface area (Å²) >= 11 is 6.62. The van der Waals surface area contributed by atoms with Crippen LogP contribution in [0.3, 0.4) is 0 Å². The van der Waals surface area contributed by atoms with Crippen molar-refractivity contribution in [2.45, 2.75) is 32.1 Å². The monoisotopic (exact) mass is 658 g/mol. The predicted octanol–water partition coefficient (Wildman–Crippen LogP) is 9.82. The Bertz CT molecular complexity index is 2260. The van der Waals surface area contributed by atoms with Crippen molar-refractivity contribution >= 4 is 38.3 Å². The highest BCUT2D eigenvalue weighted by atomic mass is 35.5. The molecule has 232 valence electrons. The first-order chi connectivity index (χ1) is 21.9. The number of alkyl halides is 2. The van der Waals surface area contributed by atoms with Crippen LogP contribution in [-0.2, 0) is 10.0 Å². The Labute approximate surface area is 269 Å². The molecule has 0 unspecified atom stereocenters. The largest absolute Gasteiger partial charge is 0.295 e. The van der Waals surface area contributed by atoms with E-state index >= 15 is 0 Å². The van der Waals surface area contributed by atoms with Gasteiger partial charge in [0.15, 0.2) is 5.78 Å². The van der Waals surface area contributed by atoms with Gasteiger partial charge in [0.1, 0.15) is 5.82 Å². The first-order valence-corrected chi connectivity index (χ1v) is 16.0. The van der Waals surface area contributed by atoms with Crippen molar-refractivity contribution in [1.82, 2.24) is 8.96 Å². The first-order valence-electron chi connectivity index (χ1n) is 14.2. The van der Waals surface area contributed by atoms with E-state index in [-0.39, 0.29) is 27.5 Å². The molecule has 6 rings (SSSR count). The number of hydrogen-bond acceptors (Lipinski definition) is 4. The Morgan fingerprint density at radius 2 is 1.52 bits per heavy atom. The zero-order valence-corrected chi connectivity index (χ0v) is 26.4. The molecule has 2 heterocycles. The summed E-state index contributed by atoms with van der Waals surface area (Å²) in [5.74, 6) is -0.704. The summed E-state index contributed by atoms with van der Waals surface area (Å²) in [4.78, 5) is 16.0. The minimum Gasteiger partial charge on any atom is -0.295 e. The molecule has 2 aromatic heterocycles. The number of Topliss-reactive ketones (excluding diaryl/α,β-unsaturated/α-hetero) is 1. The highest BCUT2D eigenvalue weighted by Gasteiger charge is 2.30. The second kappa shape index (κ2) is 11.9. The van der Waals surface area contributed by atoms with Gasteiger partial charge in [0, 0.05) is 50.6 Å². The van der Waals surface area contributed by atoms with Gasteiger partial charge in [-0.3, -0.25) is 9.78 Å². The lowest BCUT2D eigenvalue weighted by atomic mass is 9.92. The molecule has 0 N–H and O–H groups in total. The van der Waals surface area contributed by atoms with Gasteiger partial charge >= 0.3 is 0 Å². The maximum Gasteiger partial charge on any atom is 0.268 e. The molecule has 4 aromatic carbocycles. The first kappa shape index (κ1) is 31.3. The summed E-state index contributed by atoms with van der Waals surface area (Å²) in [7, 11) is -4.44. The maximum atomic E-state index is 15.0. The summed E-state index contributed by atoms with van der Waals surface area (Å²) in [5.41, 5.74) is 4.93. The summed E-state index contributed by atoms with van der Waals surface area (Å²) in [6.45, 7) is 5.12. The number of carbonyl (C=O) groups excluding carboxylic acids is 1. The lowest BCUT2D eigenvalue weighted by Crippen LogP contribution is -2.14. The third-order valence-corrected chi connectivity index (χ3v) is 10.00. The molecule has 0 spiro atoms. The molecule has 0 atom stereocenters. The molecular weight excluding hydrogens is 633 g/mol. The molecule has 0 bridgehead atoms. The number of pyridine rings is 1. The van der Waals surface area contributed by atoms with E-state index in [9.17, 15) is 26.4 Å². The lowest BCUT2D eigenvalue weighted by molar-refractivity contribution is 0.101. The van der Waals surface area contributed by atoms with E-state index in [1.165, 1.54) is 25.1 Å². The fourth-order valence-electron chi connectivity index (χ4n) is 5.79. The van der Waals surface area contributed by atoms with Crippen LogP contribution >= 0.6 is 11.6 Å². The van der Waals surface area contributed by atoms with E-state index < -0.39 is 22.3 Å². The number of rotatable bonds is 7. The number of nitrogens with zero attached hydrogens (tertiary/aromatic N) is 2. The molecule has 0 aliphatic heterocycles. The number of carbonyl (C=O) groups is 1. The van der Waals surface area contributed by atoms with Crippen LogP contribution in [0, 0.1) is 19.7 Å². The second-order valence-electron chi connectivity index (χ2n) is 11.0. The minimum absolute atomic E-state index is 0.140. The molecular formula is C36H26ClF3N2O3S. The Hall–Kier alpha value is -4.73. The Kier molecular flexibility index (Phi) is 8.08. The fraction of sp³-hybridized carbons (Fsp3) is 0.111. The van der Waals surface area contributed by atoms with Crippen molar-refractivity contribution in [3.05, 3.63) is 130 Å². The van der Waals surface area contributed by atoms with E-state index in [2.05, 4.69) is 4.98 Å². The van der Waals surface area contributed by atoms with Gasteiger partial charge in [-0.25, -0.2) is 25.6 Å². The molecule has 0 aliphatic carbocycles. The molecule has 5 nitrogen and oxygen atoms in total. The topological polar surface area (TPSA) is 69.0 Å². The van der Waals surface area contributed by atoms with Crippen LogP contribution in [0.5, 0.6) is 0 Å². The Balaban J connectivity index is 1.72. The third kappa shape index (κ3) is 5.39. The predicted molar refractivity (Wildman–Crippen MR) is 174 cm³/mol. The molecule has 0 aliphatic rings. The van der Waals surface area contributed by atoms with Gasteiger partial charge in [0.2, 0.25) is 0 Å². The summed E-state index contributed by atoms with van der Waals surface area (Å²) in [5, 5.41) is 0.676. The van der Waals surface area contributed by atoms with E-state index in [4.69, 9.17) is 11.6 Å². The number of fused-ring (bicyclic) bond motifs is 1. The van der Waals surface area contributed by atoms with E-state index in [1.54, 1.807) is 48.8 Å². The quantitative estimate of drug-likeness (QED) is 0.160. The zero-order valence-electron chi connectivity index (χ0n) is 24.9. The smallest absolute Gasteiger partial charge is 0.268 e. The van der Waals surface area contributed by atoms with Crippen LogP contribution in [0.2, 0.25) is 5.02 Å². The van der Waals surface area contributed by atoms with Gasteiger partial charge in [-0.1, -0.05) is 54.1 Å². The molecule has 0 saturated heterocycles. The van der Waals surface area contributed by atoms with Crippen molar-refractivity contribution < 1.29 is 26.4 Å². The van der Waals surface area contributed by atoms with Crippen molar-refractivity contribution in [3.63, 3.8) is 0 Å². The normalized spacial score (nSPS) is 11.8. The highest BCUT2D eigenvalue weighted by molar-refractivity contribution is 7.90. The van der Waals surface area contributed by atoms with Gasteiger partial charge in [-0.2, -0.15) is 0 Å². The summed E-state index contributed by atoms with van der Waals surface area (Å²) in [6, 6.07) is 20.4. The number of aromatic nitrogens is 2. The minimum atomic E-state index is -4.44. The SMILES string of the molecule is CC(=O)c1ccc(-c2cccc(-c3c(-c4c(C)cncc4C)c4cc(F)ccc4n3S(=O)(=O)c3ccc(C(F)F)cc3)c2)c(Cl)c1. The Morgan fingerprint density at radius 1 is 0.848 bits per heavy atom.